The minimum Gasteiger partial charge on any atom is -0.311 e. The van der Waals surface area contributed by atoms with Crippen LogP contribution in [0.15, 0.2) is 6.20 Å². The maximum absolute atomic E-state index is 4.21. The molecule has 5 heteroatoms. The van der Waals surface area contributed by atoms with Gasteiger partial charge in [-0.15, -0.1) is 5.10 Å². The Morgan fingerprint density at radius 1 is 1.50 bits per heavy atom. The molecule has 1 aliphatic carbocycles. The Kier molecular flexibility index (Phi) is 5.54. The van der Waals surface area contributed by atoms with Crippen LogP contribution in [0.2, 0.25) is 0 Å². The molecule has 0 radical (unpaired) electrons. The minimum atomic E-state index is 0.670. The number of aromatic nitrogens is 3. The van der Waals surface area contributed by atoms with E-state index in [0.717, 1.165) is 43.7 Å². The molecule has 1 aliphatic rings. The molecule has 0 saturated heterocycles. The molecule has 0 spiro atoms. The fourth-order valence-corrected chi connectivity index (χ4v) is 2.44. The first-order valence-corrected chi connectivity index (χ1v) is 7.83. The van der Waals surface area contributed by atoms with Crippen LogP contribution in [-0.2, 0) is 13.1 Å². The normalized spacial score (nSPS) is 21.9. The van der Waals surface area contributed by atoms with Gasteiger partial charge in [0, 0.05) is 25.8 Å². The molecule has 0 amide bonds. The standard InChI is InChI=1S/C15H29N5/c1-12(2)8-16-9-15-11-20(18-17-15)6-5-19(4)10-14-7-13(14)3/h11-14,16H,5-10H2,1-4H3. The molecule has 1 aromatic heterocycles. The molecule has 1 aromatic rings. The van der Waals surface area contributed by atoms with E-state index >= 15 is 0 Å². The van der Waals surface area contributed by atoms with Crippen LogP contribution in [0.4, 0.5) is 0 Å². The molecule has 0 aromatic carbocycles. The zero-order chi connectivity index (χ0) is 14.5. The second kappa shape index (κ2) is 7.18. The van der Waals surface area contributed by atoms with Crippen molar-refractivity contribution in [2.75, 3.05) is 26.7 Å². The first-order chi connectivity index (χ1) is 9.54. The van der Waals surface area contributed by atoms with Gasteiger partial charge < -0.3 is 10.2 Å². The topological polar surface area (TPSA) is 46.0 Å². The van der Waals surface area contributed by atoms with Crippen LogP contribution >= 0.6 is 0 Å². The van der Waals surface area contributed by atoms with Crippen molar-refractivity contribution >= 4 is 0 Å². The van der Waals surface area contributed by atoms with E-state index in [9.17, 15) is 0 Å². The Balaban J connectivity index is 1.64. The predicted molar refractivity (Wildman–Crippen MR) is 81.3 cm³/mol. The van der Waals surface area contributed by atoms with Gasteiger partial charge in [0.15, 0.2) is 0 Å². The highest BCUT2D eigenvalue weighted by molar-refractivity contribution is 4.91. The molecule has 5 nitrogen and oxygen atoms in total. The maximum Gasteiger partial charge on any atom is 0.0964 e. The Hall–Kier alpha value is -0.940. The van der Waals surface area contributed by atoms with E-state index in [1.807, 2.05) is 4.68 Å². The summed E-state index contributed by atoms with van der Waals surface area (Å²) in [6, 6.07) is 0. The van der Waals surface area contributed by atoms with Crippen LogP contribution in [-0.4, -0.2) is 46.6 Å². The summed E-state index contributed by atoms with van der Waals surface area (Å²) >= 11 is 0. The molecule has 0 bridgehead atoms. The molecule has 1 saturated carbocycles. The summed E-state index contributed by atoms with van der Waals surface area (Å²) in [5.41, 5.74) is 1.03. The van der Waals surface area contributed by atoms with Crippen molar-refractivity contribution in [1.29, 1.82) is 0 Å². The summed E-state index contributed by atoms with van der Waals surface area (Å²) in [6.45, 7) is 11.8. The van der Waals surface area contributed by atoms with E-state index in [-0.39, 0.29) is 0 Å². The highest BCUT2D eigenvalue weighted by Gasteiger charge is 2.32. The number of hydrogen-bond acceptors (Lipinski definition) is 4. The van der Waals surface area contributed by atoms with Gasteiger partial charge in [0.05, 0.1) is 12.2 Å². The summed E-state index contributed by atoms with van der Waals surface area (Å²) in [5.74, 6) is 2.53. The molecular formula is C15H29N5. The number of likely N-dealkylation sites (N-methyl/N-ethyl adjacent to an activating group) is 1. The summed E-state index contributed by atoms with van der Waals surface area (Å²) in [7, 11) is 2.20. The lowest BCUT2D eigenvalue weighted by atomic mass is 10.2. The lowest BCUT2D eigenvalue weighted by Crippen LogP contribution is -2.26. The van der Waals surface area contributed by atoms with Gasteiger partial charge in [-0.25, -0.2) is 0 Å². The number of nitrogens with zero attached hydrogens (tertiary/aromatic N) is 4. The van der Waals surface area contributed by atoms with Crippen LogP contribution in [0.3, 0.4) is 0 Å². The number of hydrogen-bond donors (Lipinski definition) is 1. The van der Waals surface area contributed by atoms with Crippen LogP contribution in [0, 0.1) is 17.8 Å². The molecule has 114 valence electrons. The van der Waals surface area contributed by atoms with Crippen molar-refractivity contribution in [1.82, 2.24) is 25.2 Å². The van der Waals surface area contributed by atoms with Gasteiger partial charge in [0.25, 0.3) is 0 Å². The van der Waals surface area contributed by atoms with Gasteiger partial charge in [0.2, 0.25) is 0 Å². The van der Waals surface area contributed by atoms with Gasteiger partial charge in [0.1, 0.15) is 0 Å². The monoisotopic (exact) mass is 279 g/mol. The lowest BCUT2D eigenvalue weighted by Gasteiger charge is -2.15. The van der Waals surface area contributed by atoms with Crippen molar-refractivity contribution in [2.24, 2.45) is 17.8 Å². The van der Waals surface area contributed by atoms with Crippen molar-refractivity contribution in [3.63, 3.8) is 0 Å². The van der Waals surface area contributed by atoms with Gasteiger partial charge in [-0.2, -0.15) is 0 Å². The van der Waals surface area contributed by atoms with Crippen LogP contribution in [0.25, 0.3) is 0 Å². The Morgan fingerprint density at radius 3 is 2.90 bits per heavy atom. The van der Waals surface area contributed by atoms with E-state index in [0.29, 0.717) is 5.92 Å². The molecule has 2 unspecified atom stereocenters. The van der Waals surface area contributed by atoms with Gasteiger partial charge in [-0.05, 0) is 37.8 Å². The average molecular weight is 279 g/mol. The van der Waals surface area contributed by atoms with E-state index < -0.39 is 0 Å². The quantitative estimate of drug-likeness (QED) is 0.746. The van der Waals surface area contributed by atoms with Gasteiger partial charge in [-0.3, -0.25) is 4.68 Å². The minimum absolute atomic E-state index is 0.670. The summed E-state index contributed by atoms with van der Waals surface area (Å²) in [6.07, 6.45) is 3.46. The molecular weight excluding hydrogens is 250 g/mol. The highest BCUT2D eigenvalue weighted by atomic mass is 15.4. The summed E-state index contributed by atoms with van der Waals surface area (Å²) < 4.78 is 1.96. The van der Waals surface area contributed by atoms with E-state index in [4.69, 9.17) is 0 Å². The molecule has 1 fully saturated rings. The van der Waals surface area contributed by atoms with E-state index in [1.54, 1.807) is 0 Å². The van der Waals surface area contributed by atoms with Crippen molar-refractivity contribution in [3.8, 4) is 0 Å². The molecule has 1 heterocycles. The van der Waals surface area contributed by atoms with E-state index in [2.05, 4.69) is 54.5 Å². The Morgan fingerprint density at radius 2 is 2.25 bits per heavy atom. The summed E-state index contributed by atoms with van der Waals surface area (Å²) in [4.78, 5) is 2.41. The SMILES string of the molecule is CC(C)CNCc1cn(CCN(C)CC2CC2C)nn1. The third kappa shape index (κ3) is 5.21. The molecule has 1 N–H and O–H groups in total. The smallest absolute Gasteiger partial charge is 0.0964 e. The molecule has 0 aliphatic heterocycles. The molecule has 2 rings (SSSR count). The second-order valence-corrected chi connectivity index (χ2v) is 6.73. The number of nitrogens with one attached hydrogen (secondary N) is 1. The van der Waals surface area contributed by atoms with Gasteiger partial charge in [-0.1, -0.05) is 26.0 Å². The molecule has 2 atom stereocenters. The fourth-order valence-electron chi connectivity index (χ4n) is 2.44. The fraction of sp³-hybridized carbons (Fsp3) is 0.867. The Bertz CT molecular complexity index is 401. The first-order valence-electron chi connectivity index (χ1n) is 7.83. The van der Waals surface area contributed by atoms with Crippen LogP contribution in [0.5, 0.6) is 0 Å². The maximum atomic E-state index is 4.21. The first kappa shape index (κ1) is 15.4. The zero-order valence-electron chi connectivity index (χ0n) is 13.3. The van der Waals surface area contributed by atoms with Crippen molar-refractivity contribution in [2.45, 2.75) is 40.3 Å². The largest absolute Gasteiger partial charge is 0.311 e. The van der Waals surface area contributed by atoms with E-state index in [1.165, 1.54) is 13.0 Å². The lowest BCUT2D eigenvalue weighted by molar-refractivity contribution is 0.295. The van der Waals surface area contributed by atoms with Crippen molar-refractivity contribution < 1.29 is 0 Å². The van der Waals surface area contributed by atoms with Crippen molar-refractivity contribution in [3.05, 3.63) is 11.9 Å². The zero-order valence-corrected chi connectivity index (χ0v) is 13.3. The Labute approximate surface area is 122 Å². The molecule has 20 heavy (non-hydrogen) atoms. The van der Waals surface area contributed by atoms with Crippen LogP contribution in [0.1, 0.15) is 32.9 Å². The van der Waals surface area contributed by atoms with Crippen LogP contribution < -0.4 is 5.32 Å². The predicted octanol–water partition coefficient (Wildman–Crippen LogP) is 1.61. The third-order valence-corrected chi connectivity index (χ3v) is 3.98. The highest BCUT2D eigenvalue weighted by Crippen LogP contribution is 2.37. The average Bonchev–Trinajstić information content (AvgIpc) is 2.89. The number of rotatable bonds is 9. The van der Waals surface area contributed by atoms with Gasteiger partial charge >= 0.3 is 0 Å². The third-order valence-electron chi connectivity index (χ3n) is 3.98. The summed E-state index contributed by atoms with van der Waals surface area (Å²) in [5, 5.41) is 11.8. The second-order valence-electron chi connectivity index (χ2n) is 6.73.